The first-order chi connectivity index (χ1) is 19.3. The lowest BCUT2D eigenvalue weighted by molar-refractivity contribution is -0.147. The second-order valence-electron chi connectivity index (χ2n) is 12.9. The zero-order valence-electron chi connectivity index (χ0n) is 24.9. The minimum Gasteiger partial charge on any atom is -0.481 e. The molecule has 1 fully saturated rings. The molecule has 1 heterocycles. The van der Waals surface area contributed by atoms with Crippen molar-refractivity contribution >= 4 is 5.97 Å². The van der Waals surface area contributed by atoms with Gasteiger partial charge in [0.05, 0.1) is 23.7 Å². The molecule has 40 heavy (non-hydrogen) atoms. The Morgan fingerprint density at radius 1 is 1.18 bits per heavy atom. The molecule has 2 aliphatic rings. The van der Waals surface area contributed by atoms with Gasteiger partial charge in [0.1, 0.15) is 0 Å². The SMILES string of the molecule is CCCCC[C@@H]1C=C[C@@H](CCCCC[C@H](C(=O)O)[C@H](O)C[C@@H](CNC)[C@]2(O)CC[C@H](Cc3cc[nH]c3)C2)[C@H](O)C1. The van der Waals surface area contributed by atoms with Crippen molar-refractivity contribution in [2.24, 2.45) is 29.6 Å². The number of aliphatic hydroxyl groups excluding tert-OH is 2. The van der Waals surface area contributed by atoms with Crippen molar-refractivity contribution in [3.8, 4) is 0 Å². The molecule has 7 heteroatoms. The van der Waals surface area contributed by atoms with E-state index in [1.807, 2.05) is 19.4 Å². The largest absolute Gasteiger partial charge is 0.481 e. The van der Waals surface area contributed by atoms with Crippen molar-refractivity contribution < 1.29 is 25.2 Å². The standard InChI is InChI=1S/C33H56N2O5/c1-3-4-6-9-24-12-13-27(30(36)19-24)10-7-5-8-11-29(32(38)39)31(37)20-28(23-34-2)33(40)16-14-25(21-33)18-26-15-17-35-22-26/h12-13,15,17,22,24-25,27-31,34-37,40H,3-11,14,16,18-21,23H2,1-2H3,(H,38,39)/t24-,25-,27-,28+,29+,30-,31-,33+/m1/s1. The number of carbonyl (C=O) groups is 1. The average Bonchev–Trinajstić information content (AvgIpc) is 3.57. The molecule has 1 aromatic heterocycles. The summed E-state index contributed by atoms with van der Waals surface area (Å²) in [6, 6.07) is 2.07. The maximum atomic E-state index is 12.1. The number of hydrogen-bond acceptors (Lipinski definition) is 5. The van der Waals surface area contributed by atoms with E-state index in [9.17, 15) is 25.2 Å². The third-order valence-corrected chi connectivity index (χ3v) is 9.73. The summed E-state index contributed by atoms with van der Waals surface area (Å²) >= 11 is 0. The van der Waals surface area contributed by atoms with Crippen LogP contribution in [0.5, 0.6) is 0 Å². The quantitative estimate of drug-likeness (QED) is 0.0986. The lowest BCUT2D eigenvalue weighted by Gasteiger charge is -2.35. The third kappa shape index (κ3) is 10.0. The van der Waals surface area contributed by atoms with Crippen LogP contribution in [-0.4, -0.2) is 62.8 Å². The second-order valence-corrected chi connectivity index (χ2v) is 12.9. The first-order valence-corrected chi connectivity index (χ1v) is 16.0. The van der Waals surface area contributed by atoms with Gasteiger partial charge in [-0.05, 0) is 88.3 Å². The van der Waals surface area contributed by atoms with E-state index in [4.69, 9.17) is 0 Å². The molecule has 0 saturated heterocycles. The van der Waals surface area contributed by atoms with Crippen molar-refractivity contribution in [2.45, 2.75) is 121 Å². The van der Waals surface area contributed by atoms with E-state index in [0.29, 0.717) is 37.6 Å². The summed E-state index contributed by atoms with van der Waals surface area (Å²) in [6.45, 7) is 2.76. The molecule has 3 rings (SSSR count). The summed E-state index contributed by atoms with van der Waals surface area (Å²) in [7, 11) is 1.84. The minimum atomic E-state index is -0.989. The molecule has 0 aromatic carbocycles. The zero-order chi connectivity index (χ0) is 29.0. The van der Waals surface area contributed by atoms with E-state index < -0.39 is 23.6 Å². The van der Waals surface area contributed by atoms with Crippen molar-refractivity contribution in [2.75, 3.05) is 13.6 Å². The molecular formula is C33H56N2O5. The highest BCUT2D eigenvalue weighted by atomic mass is 16.4. The van der Waals surface area contributed by atoms with Gasteiger partial charge in [0.2, 0.25) is 0 Å². The van der Waals surface area contributed by atoms with E-state index in [1.165, 1.54) is 24.8 Å². The Morgan fingerprint density at radius 3 is 2.65 bits per heavy atom. The van der Waals surface area contributed by atoms with Crippen LogP contribution in [0.2, 0.25) is 0 Å². The number of carboxylic acids is 1. The third-order valence-electron chi connectivity index (χ3n) is 9.73. The van der Waals surface area contributed by atoms with E-state index in [-0.39, 0.29) is 24.4 Å². The molecule has 7 nitrogen and oxygen atoms in total. The summed E-state index contributed by atoms with van der Waals surface area (Å²) in [5.41, 5.74) is 0.350. The van der Waals surface area contributed by atoms with Gasteiger partial charge in [-0.3, -0.25) is 4.79 Å². The number of unbranched alkanes of at least 4 members (excludes halogenated alkanes) is 4. The second kappa shape index (κ2) is 16.7. The van der Waals surface area contributed by atoms with Gasteiger partial charge < -0.3 is 30.7 Å². The van der Waals surface area contributed by atoms with Crippen LogP contribution in [0, 0.1) is 29.6 Å². The van der Waals surface area contributed by atoms with Crippen molar-refractivity contribution in [3.05, 3.63) is 36.2 Å². The van der Waals surface area contributed by atoms with Crippen LogP contribution in [-0.2, 0) is 11.2 Å². The number of aromatic amines is 1. The van der Waals surface area contributed by atoms with Gasteiger partial charge >= 0.3 is 5.97 Å². The zero-order valence-corrected chi connectivity index (χ0v) is 24.9. The van der Waals surface area contributed by atoms with Gasteiger partial charge in [-0.15, -0.1) is 0 Å². The Labute approximate surface area is 241 Å². The number of nitrogens with one attached hydrogen (secondary N) is 2. The number of aromatic nitrogens is 1. The molecule has 0 amide bonds. The molecule has 0 aliphatic heterocycles. The normalized spacial score (nSPS) is 28.9. The Balaban J connectivity index is 1.43. The monoisotopic (exact) mass is 560 g/mol. The van der Waals surface area contributed by atoms with Gasteiger partial charge in [0.25, 0.3) is 0 Å². The molecule has 0 bridgehead atoms. The van der Waals surface area contributed by atoms with Gasteiger partial charge in [-0.2, -0.15) is 0 Å². The van der Waals surface area contributed by atoms with E-state index in [2.05, 4.69) is 35.4 Å². The van der Waals surface area contributed by atoms with Gasteiger partial charge in [0, 0.05) is 30.8 Å². The smallest absolute Gasteiger partial charge is 0.309 e. The van der Waals surface area contributed by atoms with Crippen LogP contribution in [0.3, 0.4) is 0 Å². The van der Waals surface area contributed by atoms with Crippen LogP contribution in [0.1, 0.15) is 102 Å². The number of hydrogen-bond donors (Lipinski definition) is 6. The number of allylic oxidation sites excluding steroid dienone is 1. The molecular weight excluding hydrogens is 504 g/mol. The molecule has 6 N–H and O–H groups in total. The highest BCUT2D eigenvalue weighted by Gasteiger charge is 2.44. The average molecular weight is 561 g/mol. The molecule has 2 aliphatic carbocycles. The predicted octanol–water partition coefficient (Wildman–Crippen LogP) is 5.46. The van der Waals surface area contributed by atoms with Crippen molar-refractivity contribution in [1.29, 1.82) is 0 Å². The maximum absolute atomic E-state index is 12.1. The number of rotatable bonds is 19. The van der Waals surface area contributed by atoms with E-state index in [0.717, 1.165) is 51.4 Å². The van der Waals surface area contributed by atoms with E-state index >= 15 is 0 Å². The highest BCUT2D eigenvalue weighted by Crippen LogP contribution is 2.43. The minimum absolute atomic E-state index is 0.193. The lowest BCUT2D eigenvalue weighted by Crippen LogP contribution is -2.44. The molecule has 0 radical (unpaired) electrons. The highest BCUT2D eigenvalue weighted by molar-refractivity contribution is 5.70. The summed E-state index contributed by atoms with van der Waals surface area (Å²) in [6.07, 6.45) is 20.3. The summed E-state index contributed by atoms with van der Waals surface area (Å²) in [5, 5.41) is 46.3. The Morgan fingerprint density at radius 2 is 1.98 bits per heavy atom. The number of aliphatic hydroxyl groups is 3. The first-order valence-electron chi connectivity index (χ1n) is 16.0. The molecule has 1 saturated carbocycles. The van der Waals surface area contributed by atoms with Crippen LogP contribution >= 0.6 is 0 Å². The number of carboxylic acid groups (broad SMARTS) is 1. The summed E-state index contributed by atoms with van der Waals surface area (Å²) < 4.78 is 0. The Hall–Kier alpha value is -1.67. The molecule has 0 spiro atoms. The molecule has 8 atom stereocenters. The lowest BCUT2D eigenvalue weighted by atomic mass is 9.78. The van der Waals surface area contributed by atoms with Crippen LogP contribution < -0.4 is 5.32 Å². The number of H-pyrrole nitrogens is 1. The molecule has 0 unspecified atom stereocenters. The fourth-order valence-corrected chi connectivity index (χ4v) is 7.27. The number of aliphatic carboxylic acids is 1. The van der Waals surface area contributed by atoms with E-state index in [1.54, 1.807) is 0 Å². The molecule has 1 aromatic rings. The molecule has 228 valence electrons. The van der Waals surface area contributed by atoms with Crippen molar-refractivity contribution in [1.82, 2.24) is 10.3 Å². The maximum Gasteiger partial charge on any atom is 0.309 e. The fourth-order valence-electron chi connectivity index (χ4n) is 7.27. The Kier molecular flexibility index (Phi) is 13.7. The van der Waals surface area contributed by atoms with Crippen LogP contribution in [0.15, 0.2) is 30.6 Å². The van der Waals surface area contributed by atoms with Crippen LogP contribution in [0.4, 0.5) is 0 Å². The topological polar surface area (TPSA) is 126 Å². The Bertz CT molecular complexity index is 874. The van der Waals surface area contributed by atoms with Gasteiger partial charge in [0.15, 0.2) is 0 Å². The summed E-state index contributed by atoms with van der Waals surface area (Å²) in [4.78, 5) is 15.2. The van der Waals surface area contributed by atoms with Gasteiger partial charge in [-0.1, -0.05) is 57.6 Å². The fraction of sp³-hybridized carbons (Fsp3) is 0.788. The van der Waals surface area contributed by atoms with Crippen LogP contribution in [0.25, 0.3) is 0 Å². The van der Waals surface area contributed by atoms with Gasteiger partial charge in [-0.25, -0.2) is 0 Å². The predicted molar refractivity (Wildman–Crippen MR) is 160 cm³/mol. The first kappa shape index (κ1) is 32.8. The summed E-state index contributed by atoms with van der Waals surface area (Å²) in [5.74, 6) is -0.912. The van der Waals surface area contributed by atoms with Crippen molar-refractivity contribution in [3.63, 3.8) is 0 Å².